The number of benzene rings is 2. The molecule has 0 aliphatic carbocycles. The van der Waals surface area contributed by atoms with Crippen molar-refractivity contribution in [2.24, 2.45) is 0 Å². The van der Waals surface area contributed by atoms with Gasteiger partial charge in [-0.2, -0.15) is 0 Å². The predicted molar refractivity (Wildman–Crippen MR) is 120 cm³/mol. The minimum absolute atomic E-state index is 0.0262. The SMILES string of the molecule is CCOc1cccc(C2/C(=C(\O)c3ccc(OC)cc3)C(=O)C(=O)N2c2nnc(C)s2)c1. The fourth-order valence-corrected chi connectivity index (χ4v) is 4.29. The van der Waals surface area contributed by atoms with Crippen molar-refractivity contribution >= 4 is 33.9 Å². The average molecular weight is 452 g/mol. The number of aliphatic hydroxyl groups is 1. The molecule has 0 spiro atoms. The van der Waals surface area contributed by atoms with E-state index < -0.39 is 17.7 Å². The van der Waals surface area contributed by atoms with Crippen LogP contribution in [0.15, 0.2) is 54.1 Å². The van der Waals surface area contributed by atoms with Gasteiger partial charge < -0.3 is 14.6 Å². The van der Waals surface area contributed by atoms with Gasteiger partial charge in [-0.15, -0.1) is 10.2 Å². The predicted octanol–water partition coefficient (Wildman–Crippen LogP) is 3.88. The lowest BCUT2D eigenvalue weighted by Gasteiger charge is -2.23. The zero-order valence-electron chi connectivity index (χ0n) is 17.7. The Morgan fingerprint density at radius 2 is 1.88 bits per heavy atom. The van der Waals surface area contributed by atoms with Crippen molar-refractivity contribution in [2.75, 3.05) is 18.6 Å². The second-order valence-electron chi connectivity index (χ2n) is 7.01. The molecule has 1 atom stereocenters. The van der Waals surface area contributed by atoms with Crippen molar-refractivity contribution in [1.82, 2.24) is 10.2 Å². The van der Waals surface area contributed by atoms with Crippen LogP contribution in [0, 0.1) is 6.92 Å². The molecule has 0 radical (unpaired) electrons. The maximum absolute atomic E-state index is 13.1. The molecule has 1 aliphatic heterocycles. The Hall–Kier alpha value is -3.72. The molecule has 2 aromatic carbocycles. The Morgan fingerprint density at radius 1 is 1.12 bits per heavy atom. The van der Waals surface area contributed by atoms with E-state index in [0.717, 1.165) is 0 Å². The molecule has 8 nitrogen and oxygen atoms in total. The summed E-state index contributed by atoms with van der Waals surface area (Å²) < 4.78 is 10.8. The van der Waals surface area contributed by atoms with Gasteiger partial charge in [0.15, 0.2) is 0 Å². The number of nitrogens with zero attached hydrogens (tertiary/aromatic N) is 3. The third kappa shape index (κ3) is 3.82. The largest absolute Gasteiger partial charge is 0.507 e. The van der Waals surface area contributed by atoms with Gasteiger partial charge in [-0.05, 0) is 55.8 Å². The Labute approximate surface area is 188 Å². The Morgan fingerprint density at radius 3 is 2.50 bits per heavy atom. The van der Waals surface area contributed by atoms with Crippen LogP contribution in [0.5, 0.6) is 11.5 Å². The van der Waals surface area contributed by atoms with Gasteiger partial charge in [0.1, 0.15) is 22.3 Å². The smallest absolute Gasteiger partial charge is 0.301 e. The highest BCUT2D eigenvalue weighted by molar-refractivity contribution is 7.15. The second kappa shape index (κ2) is 8.80. The van der Waals surface area contributed by atoms with Crippen molar-refractivity contribution in [3.63, 3.8) is 0 Å². The van der Waals surface area contributed by atoms with E-state index in [1.807, 2.05) is 6.92 Å². The standard InChI is InChI=1S/C23H21N3O5S/c1-4-31-17-7-5-6-15(12-17)19-18(20(27)14-8-10-16(30-3)11-9-14)21(28)22(29)26(19)23-25-24-13(2)32-23/h5-12,19,27H,4H2,1-3H3/b20-18+. The van der Waals surface area contributed by atoms with E-state index in [4.69, 9.17) is 9.47 Å². The first-order valence-electron chi connectivity index (χ1n) is 9.93. The van der Waals surface area contributed by atoms with Crippen molar-refractivity contribution in [3.8, 4) is 11.5 Å². The van der Waals surface area contributed by atoms with Crippen LogP contribution in [0.1, 0.15) is 29.1 Å². The molecule has 3 aromatic rings. The fraction of sp³-hybridized carbons (Fsp3) is 0.217. The highest BCUT2D eigenvalue weighted by Crippen LogP contribution is 2.43. The quantitative estimate of drug-likeness (QED) is 0.345. The van der Waals surface area contributed by atoms with Crippen LogP contribution < -0.4 is 14.4 Å². The van der Waals surface area contributed by atoms with Gasteiger partial charge >= 0.3 is 5.91 Å². The number of carbonyl (C=O) groups excluding carboxylic acids is 2. The van der Waals surface area contributed by atoms with E-state index in [2.05, 4.69) is 10.2 Å². The number of hydrogen-bond donors (Lipinski definition) is 1. The van der Waals surface area contributed by atoms with E-state index in [0.29, 0.717) is 34.2 Å². The van der Waals surface area contributed by atoms with Gasteiger partial charge in [0.2, 0.25) is 5.13 Å². The Balaban J connectivity index is 1.91. The van der Waals surface area contributed by atoms with E-state index in [1.54, 1.807) is 55.5 Å². The molecule has 1 amide bonds. The van der Waals surface area contributed by atoms with Gasteiger partial charge in [-0.3, -0.25) is 14.5 Å². The maximum atomic E-state index is 13.1. The zero-order chi connectivity index (χ0) is 22.8. The van der Waals surface area contributed by atoms with E-state index in [-0.39, 0.29) is 16.5 Å². The number of carbonyl (C=O) groups is 2. The number of methoxy groups -OCH3 is 1. The monoisotopic (exact) mass is 451 g/mol. The minimum Gasteiger partial charge on any atom is -0.507 e. The lowest BCUT2D eigenvalue weighted by Crippen LogP contribution is -2.29. The summed E-state index contributed by atoms with van der Waals surface area (Å²) in [7, 11) is 1.54. The van der Waals surface area contributed by atoms with Gasteiger partial charge in [-0.25, -0.2) is 0 Å². The Bertz CT molecular complexity index is 1200. The number of aliphatic hydroxyl groups excluding tert-OH is 1. The highest BCUT2D eigenvalue weighted by atomic mass is 32.1. The number of Topliss-reactive ketones (excluding diaryl/α,β-unsaturated/α-hetero) is 1. The molecule has 4 rings (SSSR count). The number of rotatable bonds is 6. The van der Waals surface area contributed by atoms with Gasteiger partial charge in [-0.1, -0.05) is 23.5 Å². The van der Waals surface area contributed by atoms with Crippen molar-refractivity contribution in [1.29, 1.82) is 0 Å². The molecule has 1 aromatic heterocycles. The lowest BCUT2D eigenvalue weighted by molar-refractivity contribution is -0.132. The molecule has 0 saturated carbocycles. The average Bonchev–Trinajstić information content (AvgIpc) is 3.34. The van der Waals surface area contributed by atoms with Crippen LogP contribution >= 0.6 is 11.3 Å². The molecule has 164 valence electrons. The molecular formula is C23H21N3O5S. The van der Waals surface area contributed by atoms with Crippen molar-refractivity contribution in [3.05, 3.63) is 70.2 Å². The van der Waals surface area contributed by atoms with Crippen molar-refractivity contribution < 1.29 is 24.2 Å². The van der Waals surface area contributed by atoms with Gasteiger partial charge in [0.05, 0.1) is 25.3 Å². The summed E-state index contributed by atoms with van der Waals surface area (Å²) in [5.74, 6) is -0.650. The summed E-state index contributed by atoms with van der Waals surface area (Å²) in [6, 6.07) is 12.8. The summed E-state index contributed by atoms with van der Waals surface area (Å²) in [5, 5.41) is 20.1. The number of ether oxygens (including phenoxy) is 2. The van der Waals surface area contributed by atoms with Crippen molar-refractivity contribution in [2.45, 2.75) is 19.9 Å². The summed E-state index contributed by atoms with van der Waals surface area (Å²) in [6.07, 6.45) is 0. The molecule has 1 unspecified atom stereocenters. The maximum Gasteiger partial charge on any atom is 0.301 e. The highest BCUT2D eigenvalue weighted by Gasteiger charge is 2.48. The lowest BCUT2D eigenvalue weighted by atomic mass is 9.95. The molecule has 2 heterocycles. The van der Waals surface area contributed by atoms with Crippen LogP contribution in [0.4, 0.5) is 5.13 Å². The van der Waals surface area contributed by atoms with Crippen LogP contribution in [-0.2, 0) is 9.59 Å². The van der Waals surface area contributed by atoms with E-state index in [1.165, 1.54) is 23.3 Å². The summed E-state index contributed by atoms with van der Waals surface area (Å²) in [4.78, 5) is 27.5. The number of ketones is 1. The molecule has 1 fully saturated rings. The van der Waals surface area contributed by atoms with Crippen LogP contribution in [-0.4, -0.2) is 40.7 Å². The second-order valence-corrected chi connectivity index (χ2v) is 8.17. The number of anilines is 1. The van der Waals surface area contributed by atoms with Gasteiger partial charge in [0.25, 0.3) is 5.78 Å². The summed E-state index contributed by atoms with van der Waals surface area (Å²) >= 11 is 1.20. The molecule has 1 aliphatic rings. The number of aromatic nitrogens is 2. The topological polar surface area (TPSA) is 102 Å². The van der Waals surface area contributed by atoms with Crippen LogP contribution in [0.2, 0.25) is 0 Å². The first-order chi connectivity index (χ1) is 15.4. The van der Waals surface area contributed by atoms with Crippen LogP contribution in [0.3, 0.4) is 0 Å². The fourth-order valence-electron chi connectivity index (χ4n) is 3.57. The third-order valence-corrected chi connectivity index (χ3v) is 5.85. The molecule has 0 bridgehead atoms. The first-order valence-corrected chi connectivity index (χ1v) is 10.7. The van der Waals surface area contributed by atoms with Gasteiger partial charge in [0, 0.05) is 5.56 Å². The number of hydrogen-bond acceptors (Lipinski definition) is 8. The molecule has 1 N–H and O–H groups in total. The zero-order valence-corrected chi connectivity index (χ0v) is 18.5. The molecular weight excluding hydrogens is 430 g/mol. The van der Waals surface area contributed by atoms with E-state index >= 15 is 0 Å². The minimum atomic E-state index is -0.884. The van der Waals surface area contributed by atoms with E-state index in [9.17, 15) is 14.7 Å². The normalized spacial score (nSPS) is 17.6. The summed E-state index contributed by atoms with van der Waals surface area (Å²) in [5.41, 5.74) is 0.975. The molecule has 9 heteroatoms. The first kappa shape index (κ1) is 21.5. The number of amides is 1. The summed E-state index contributed by atoms with van der Waals surface area (Å²) in [6.45, 7) is 4.09. The third-order valence-electron chi connectivity index (χ3n) is 5.01. The molecule has 1 saturated heterocycles. The van der Waals surface area contributed by atoms with Crippen LogP contribution in [0.25, 0.3) is 5.76 Å². The molecule has 32 heavy (non-hydrogen) atoms. The number of aryl methyl sites for hydroxylation is 1. The Kier molecular flexibility index (Phi) is 5.91.